The third kappa shape index (κ3) is 2.54. The Morgan fingerprint density at radius 3 is 3.06 bits per heavy atom. The van der Waals surface area contributed by atoms with Crippen molar-refractivity contribution in [3.63, 3.8) is 0 Å². The first kappa shape index (κ1) is 11.4. The summed E-state index contributed by atoms with van der Waals surface area (Å²) >= 11 is 0. The number of hydrogen-bond donors (Lipinski definition) is 1. The molecular weight excluding hydrogens is 204 g/mol. The molecule has 1 unspecified atom stereocenters. The topological polar surface area (TPSA) is 58.5 Å². The lowest BCUT2D eigenvalue weighted by Gasteiger charge is -2.19. The van der Waals surface area contributed by atoms with Gasteiger partial charge in [0.2, 0.25) is 0 Å². The fraction of sp³-hybridized carbons (Fsp3) is 0.727. The summed E-state index contributed by atoms with van der Waals surface area (Å²) in [6.07, 6.45) is 2.89. The summed E-state index contributed by atoms with van der Waals surface area (Å²) in [5.41, 5.74) is 6.31. The SMILES string of the molecule is CN1CCC(CN(C)c2nc(CN)co2)C1. The molecule has 2 rings (SSSR count). The average Bonchev–Trinajstić information content (AvgIpc) is 2.87. The van der Waals surface area contributed by atoms with Crippen molar-refractivity contribution in [1.82, 2.24) is 9.88 Å². The number of anilines is 1. The van der Waals surface area contributed by atoms with Crippen LogP contribution in [0.5, 0.6) is 0 Å². The van der Waals surface area contributed by atoms with Crippen LogP contribution in [0.1, 0.15) is 12.1 Å². The first-order chi connectivity index (χ1) is 7.69. The van der Waals surface area contributed by atoms with E-state index in [9.17, 15) is 0 Å². The number of nitrogens with two attached hydrogens (primary N) is 1. The van der Waals surface area contributed by atoms with Gasteiger partial charge in [-0.2, -0.15) is 4.98 Å². The second-order valence-electron chi connectivity index (χ2n) is 4.62. The number of rotatable bonds is 4. The molecule has 0 aliphatic carbocycles. The van der Waals surface area contributed by atoms with Crippen molar-refractivity contribution in [2.75, 3.05) is 38.6 Å². The lowest BCUT2D eigenvalue weighted by molar-refractivity contribution is 0.393. The van der Waals surface area contributed by atoms with Crippen LogP contribution in [0.4, 0.5) is 6.01 Å². The van der Waals surface area contributed by atoms with Crippen molar-refractivity contribution in [3.8, 4) is 0 Å². The first-order valence-corrected chi connectivity index (χ1v) is 5.73. The highest BCUT2D eigenvalue weighted by Gasteiger charge is 2.22. The number of oxazole rings is 1. The molecule has 1 aromatic rings. The molecule has 1 fully saturated rings. The fourth-order valence-electron chi connectivity index (χ4n) is 2.21. The van der Waals surface area contributed by atoms with Gasteiger partial charge in [0, 0.05) is 26.7 Å². The Balaban J connectivity index is 1.89. The minimum absolute atomic E-state index is 0.434. The van der Waals surface area contributed by atoms with E-state index in [1.807, 2.05) is 7.05 Å². The van der Waals surface area contributed by atoms with E-state index in [-0.39, 0.29) is 0 Å². The van der Waals surface area contributed by atoms with E-state index in [0.717, 1.165) is 18.8 Å². The van der Waals surface area contributed by atoms with E-state index in [1.54, 1.807) is 6.26 Å². The molecule has 5 nitrogen and oxygen atoms in total. The van der Waals surface area contributed by atoms with E-state index in [1.165, 1.54) is 13.0 Å². The van der Waals surface area contributed by atoms with E-state index < -0.39 is 0 Å². The maximum absolute atomic E-state index is 5.50. The maximum Gasteiger partial charge on any atom is 0.297 e. The van der Waals surface area contributed by atoms with Crippen molar-refractivity contribution in [3.05, 3.63) is 12.0 Å². The van der Waals surface area contributed by atoms with Crippen LogP contribution in [0, 0.1) is 5.92 Å². The molecule has 5 heteroatoms. The van der Waals surface area contributed by atoms with Gasteiger partial charge in [0.25, 0.3) is 6.01 Å². The zero-order chi connectivity index (χ0) is 11.5. The van der Waals surface area contributed by atoms with Gasteiger partial charge in [0.05, 0.1) is 5.69 Å². The van der Waals surface area contributed by atoms with Crippen molar-refractivity contribution in [2.45, 2.75) is 13.0 Å². The Morgan fingerprint density at radius 1 is 1.69 bits per heavy atom. The summed E-state index contributed by atoms with van der Waals surface area (Å²) in [4.78, 5) is 8.74. The molecular formula is C11H20N4O. The highest BCUT2D eigenvalue weighted by molar-refractivity contribution is 5.25. The van der Waals surface area contributed by atoms with Crippen molar-refractivity contribution in [1.29, 1.82) is 0 Å². The van der Waals surface area contributed by atoms with E-state index in [4.69, 9.17) is 10.2 Å². The number of aromatic nitrogens is 1. The largest absolute Gasteiger partial charge is 0.432 e. The normalized spacial score (nSPS) is 21.6. The van der Waals surface area contributed by atoms with Gasteiger partial charge in [-0.15, -0.1) is 0 Å². The number of hydrogen-bond acceptors (Lipinski definition) is 5. The molecule has 16 heavy (non-hydrogen) atoms. The molecule has 0 bridgehead atoms. The molecule has 1 aliphatic rings. The molecule has 2 N–H and O–H groups in total. The quantitative estimate of drug-likeness (QED) is 0.808. The molecule has 0 radical (unpaired) electrons. The average molecular weight is 224 g/mol. The van der Waals surface area contributed by atoms with Crippen LogP contribution in [-0.4, -0.2) is 43.6 Å². The first-order valence-electron chi connectivity index (χ1n) is 5.73. The Hall–Kier alpha value is -1.07. The second-order valence-corrected chi connectivity index (χ2v) is 4.62. The Kier molecular flexibility index (Phi) is 3.46. The minimum Gasteiger partial charge on any atom is -0.432 e. The van der Waals surface area contributed by atoms with Crippen molar-refractivity contribution in [2.24, 2.45) is 11.7 Å². The second kappa shape index (κ2) is 4.84. The van der Waals surface area contributed by atoms with Crippen LogP contribution in [0.2, 0.25) is 0 Å². The van der Waals surface area contributed by atoms with Gasteiger partial charge in [-0.3, -0.25) is 0 Å². The Labute approximate surface area is 96.2 Å². The Morgan fingerprint density at radius 2 is 2.50 bits per heavy atom. The van der Waals surface area contributed by atoms with Gasteiger partial charge < -0.3 is 20.0 Å². The van der Waals surface area contributed by atoms with Crippen LogP contribution in [-0.2, 0) is 6.54 Å². The van der Waals surface area contributed by atoms with Gasteiger partial charge in [0.1, 0.15) is 6.26 Å². The predicted molar refractivity (Wildman–Crippen MR) is 63.3 cm³/mol. The molecule has 0 amide bonds. The van der Waals surface area contributed by atoms with E-state index in [0.29, 0.717) is 18.5 Å². The molecule has 1 atom stereocenters. The Bertz CT molecular complexity index is 338. The molecule has 90 valence electrons. The van der Waals surface area contributed by atoms with E-state index >= 15 is 0 Å². The molecule has 0 aromatic carbocycles. The zero-order valence-electron chi connectivity index (χ0n) is 10.0. The third-order valence-electron chi connectivity index (χ3n) is 3.10. The summed E-state index contributed by atoms with van der Waals surface area (Å²) in [6, 6.07) is 0.676. The summed E-state index contributed by atoms with van der Waals surface area (Å²) in [5, 5.41) is 0. The highest BCUT2D eigenvalue weighted by atomic mass is 16.4. The molecule has 0 spiro atoms. The van der Waals surface area contributed by atoms with Gasteiger partial charge in [-0.05, 0) is 25.9 Å². The van der Waals surface area contributed by atoms with Crippen LogP contribution >= 0.6 is 0 Å². The van der Waals surface area contributed by atoms with E-state index in [2.05, 4.69) is 21.8 Å². The molecule has 0 saturated carbocycles. The maximum atomic E-state index is 5.50. The minimum atomic E-state index is 0.434. The molecule has 1 aliphatic heterocycles. The van der Waals surface area contributed by atoms with Crippen LogP contribution < -0.4 is 10.6 Å². The fourth-order valence-corrected chi connectivity index (χ4v) is 2.21. The molecule has 1 aromatic heterocycles. The van der Waals surface area contributed by atoms with Gasteiger partial charge >= 0.3 is 0 Å². The highest BCUT2D eigenvalue weighted by Crippen LogP contribution is 2.19. The van der Waals surface area contributed by atoms with Crippen LogP contribution in [0.15, 0.2) is 10.7 Å². The van der Waals surface area contributed by atoms with Crippen LogP contribution in [0.25, 0.3) is 0 Å². The smallest absolute Gasteiger partial charge is 0.297 e. The summed E-state index contributed by atoms with van der Waals surface area (Å²) in [5.74, 6) is 0.711. The van der Waals surface area contributed by atoms with Crippen molar-refractivity contribution < 1.29 is 4.42 Å². The zero-order valence-corrected chi connectivity index (χ0v) is 10.0. The number of nitrogens with zero attached hydrogens (tertiary/aromatic N) is 3. The lowest BCUT2D eigenvalue weighted by atomic mass is 10.1. The monoisotopic (exact) mass is 224 g/mol. The van der Waals surface area contributed by atoms with Gasteiger partial charge in [0.15, 0.2) is 0 Å². The van der Waals surface area contributed by atoms with Gasteiger partial charge in [-0.1, -0.05) is 0 Å². The molecule has 2 heterocycles. The summed E-state index contributed by atoms with van der Waals surface area (Å²) < 4.78 is 5.38. The summed E-state index contributed by atoms with van der Waals surface area (Å²) in [7, 11) is 4.18. The van der Waals surface area contributed by atoms with Crippen molar-refractivity contribution >= 4 is 6.01 Å². The van der Waals surface area contributed by atoms with Crippen LogP contribution in [0.3, 0.4) is 0 Å². The van der Waals surface area contributed by atoms with Gasteiger partial charge in [-0.25, -0.2) is 0 Å². The third-order valence-corrected chi connectivity index (χ3v) is 3.10. The molecule has 1 saturated heterocycles. The standard InChI is InChI=1S/C11H20N4O/c1-14-4-3-9(6-14)7-15(2)11-13-10(5-12)8-16-11/h8-9H,3-7,12H2,1-2H3. The lowest BCUT2D eigenvalue weighted by Crippen LogP contribution is -2.27. The predicted octanol–water partition coefficient (Wildman–Crippen LogP) is 0.521. The number of likely N-dealkylation sites (tertiary alicyclic amines) is 1. The summed E-state index contributed by atoms with van der Waals surface area (Å²) in [6.45, 7) is 3.78.